The third-order valence-corrected chi connectivity index (χ3v) is 6.13. The molecule has 0 saturated heterocycles. The van der Waals surface area contributed by atoms with Crippen LogP contribution in [0.3, 0.4) is 0 Å². The molecule has 1 amide bonds. The second kappa shape index (κ2) is 5.05. The Labute approximate surface area is 159 Å². The lowest BCUT2D eigenvalue weighted by Crippen LogP contribution is -2.12. The minimum absolute atomic E-state index is 0.00824. The molecule has 132 valence electrons. The molecule has 0 unspecified atom stereocenters. The van der Waals surface area contributed by atoms with Gasteiger partial charge in [0.15, 0.2) is 0 Å². The molecule has 0 fully saturated rings. The number of benzene rings is 3. The van der Waals surface area contributed by atoms with E-state index in [4.69, 9.17) is 11.6 Å². The zero-order chi connectivity index (χ0) is 18.3. The van der Waals surface area contributed by atoms with Crippen molar-refractivity contribution in [1.82, 2.24) is 14.9 Å². The van der Waals surface area contributed by atoms with Gasteiger partial charge in [-0.15, -0.1) is 0 Å². The number of aryl methyl sites for hydroxylation is 1. The van der Waals surface area contributed by atoms with Crippen molar-refractivity contribution in [3.8, 4) is 0 Å². The fourth-order valence-electron chi connectivity index (χ4n) is 4.78. The van der Waals surface area contributed by atoms with Crippen molar-refractivity contribution in [3.63, 3.8) is 0 Å². The van der Waals surface area contributed by atoms with Crippen molar-refractivity contribution in [2.75, 3.05) is 0 Å². The van der Waals surface area contributed by atoms with Crippen LogP contribution in [0.25, 0.3) is 43.6 Å². The highest BCUT2D eigenvalue weighted by Gasteiger charge is 2.30. The highest BCUT2D eigenvalue weighted by molar-refractivity contribution is 6.38. The molecule has 3 aromatic carbocycles. The van der Waals surface area contributed by atoms with E-state index in [1.807, 2.05) is 18.2 Å². The van der Waals surface area contributed by atoms with Crippen molar-refractivity contribution in [2.45, 2.75) is 20.0 Å². The van der Waals surface area contributed by atoms with Gasteiger partial charge >= 0.3 is 0 Å². The molecule has 1 aliphatic heterocycles. The minimum atomic E-state index is -0.00824. The molecule has 4 nitrogen and oxygen atoms in total. The molecule has 6 rings (SSSR count). The normalized spacial score (nSPS) is 13.9. The molecular formula is C22H16ClN3O. The van der Waals surface area contributed by atoms with Gasteiger partial charge < -0.3 is 14.9 Å². The molecule has 0 spiro atoms. The minimum Gasteiger partial charge on any atom is -0.352 e. The lowest BCUT2D eigenvalue weighted by atomic mass is 9.97. The van der Waals surface area contributed by atoms with E-state index in [0.29, 0.717) is 11.6 Å². The van der Waals surface area contributed by atoms with Gasteiger partial charge in [-0.2, -0.15) is 0 Å². The number of amides is 1. The summed E-state index contributed by atoms with van der Waals surface area (Å²) in [5.74, 6) is -0.00824. The van der Waals surface area contributed by atoms with Gasteiger partial charge in [0.1, 0.15) is 0 Å². The summed E-state index contributed by atoms with van der Waals surface area (Å²) < 4.78 is 2.33. The topological polar surface area (TPSA) is 49.8 Å². The van der Waals surface area contributed by atoms with E-state index in [0.717, 1.165) is 50.4 Å². The number of hydrogen-bond acceptors (Lipinski definition) is 1. The van der Waals surface area contributed by atoms with Gasteiger partial charge in [-0.05, 0) is 24.6 Å². The van der Waals surface area contributed by atoms with Crippen LogP contribution in [0.2, 0.25) is 5.02 Å². The Morgan fingerprint density at radius 2 is 1.85 bits per heavy atom. The molecule has 27 heavy (non-hydrogen) atoms. The molecular weight excluding hydrogens is 358 g/mol. The first-order valence-corrected chi connectivity index (χ1v) is 9.52. The highest BCUT2D eigenvalue weighted by atomic mass is 35.5. The van der Waals surface area contributed by atoms with Gasteiger partial charge in [-0.25, -0.2) is 0 Å². The fraction of sp³-hybridized carbons (Fsp3) is 0.136. The number of aromatic amines is 1. The quantitative estimate of drug-likeness (QED) is 0.409. The Morgan fingerprint density at radius 1 is 1.04 bits per heavy atom. The largest absolute Gasteiger partial charge is 0.352 e. The molecule has 0 saturated carbocycles. The summed E-state index contributed by atoms with van der Waals surface area (Å²) in [6.45, 7) is 3.57. The van der Waals surface area contributed by atoms with Crippen LogP contribution in [-0.4, -0.2) is 15.5 Å². The number of aromatic nitrogens is 2. The SMILES string of the molecule is CCn1c2ccccc2c2c3c(c4c5cccc(Cl)c5[nH]c4c21)C(=O)NC3. The van der Waals surface area contributed by atoms with Crippen LogP contribution >= 0.6 is 11.6 Å². The molecule has 0 aliphatic carbocycles. The molecule has 5 aromatic rings. The van der Waals surface area contributed by atoms with E-state index in [-0.39, 0.29) is 5.91 Å². The average Bonchev–Trinajstić information content (AvgIpc) is 3.33. The maximum Gasteiger partial charge on any atom is 0.252 e. The first kappa shape index (κ1) is 15.1. The van der Waals surface area contributed by atoms with Gasteiger partial charge in [0, 0.05) is 40.2 Å². The predicted octanol–water partition coefficient (Wildman–Crippen LogP) is 5.35. The number of halogens is 1. The summed E-state index contributed by atoms with van der Waals surface area (Å²) in [5.41, 5.74) is 6.08. The Bertz CT molecular complexity index is 1440. The number of nitrogens with one attached hydrogen (secondary N) is 2. The van der Waals surface area contributed by atoms with Crippen molar-refractivity contribution in [3.05, 3.63) is 58.6 Å². The van der Waals surface area contributed by atoms with Crippen molar-refractivity contribution >= 4 is 61.1 Å². The maximum absolute atomic E-state index is 12.8. The van der Waals surface area contributed by atoms with Crippen molar-refractivity contribution < 1.29 is 4.79 Å². The Hall–Kier alpha value is -2.98. The number of nitrogens with zero attached hydrogens (tertiary/aromatic N) is 1. The van der Waals surface area contributed by atoms with Gasteiger partial charge in [0.05, 0.1) is 27.1 Å². The van der Waals surface area contributed by atoms with Crippen LogP contribution in [0.5, 0.6) is 0 Å². The van der Waals surface area contributed by atoms with Crippen LogP contribution < -0.4 is 5.32 Å². The van der Waals surface area contributed by atoms with Gasteiger partial charge in [0.2, 0.25) is 0 Å². The van der Waals surface area contributed by atoms with Crippen LogP contribution in [-0.2, 0) is 13.1 Å². The molecule has 0 radical (unpaired) electrons. The number of carbonyl (C=O) groups is 1. The molecule has 3 heterocycles. The Kier molecular flexibility index (Phi) is 2.83. The Balaban J connectivity index is 2.03. The lowest BCUT2D eigenvalue weighted by molar-refractivity contribution is 0.0967. The summed E-state index contributed by atoms with van der Waals surface area (Å²) in [4.78, 5) is 16.3. The molecule has 0 bridgehead atoms. The highest BCUT2D eigenvalue weighted by Crippen LogP contribution is 2.44. The number of rotatable bonds is 1. The zero-order valence-corrected chi connectivity index (χ0v) is 15.4. The standard InChI is InChI=1S/C22H16ClN3O/c1-2-26-15-9-4-3-6-11(15)16-13-10-24-22(27)18(13)17-12-7-5-8-14(23)19(12)25-20(17)21(16)26/h3-9,25H,2,10H2,1H3,(H,24,27). The Morgan fingerprint density at radius 3 is 2.70 bits per heavy atom. The van der Waals surface area contributed by atoms with Crippen LogP contribution in [0.4, 0.5) is 0 Å². The molecule has 2 aromatic heterocycles. The van der Waals surface area contributed by atoms with E-state index in [1.54, 1.807) is 0 Å². The second-order valence-corrected chi connectivity index (χ2v) is 7.47. The predicted molar refractivity (Wildman–Crippen MR) is 111 cm³/mol. The van der Waals surface area contributed by atoms with E-state index < -0.39 is 0 Å². The van der Waals surface area contributed by atoms with Crippen LogP contribution in [0, 0.1) is 0 Å². The summed E-state index contributed by atoms with van der Waals surface area (Å²) in [6.07, 6.45) is 0. The zero-order valence-electron chi connectivity index (χ0n) is 14.7. The number of para-hydroxylation sites is 2. The number of H-pyrrole nitrogens is 1. The number of carbonyl (C=O) groups excluding carboxylic acids is 1. The summed E-state index contributed by atoms with van der Waals surface area (Å²) >= 11 is 6.48. The van der Waals surface area contributed by atoms with E-state index in [1.165, 1.54) is 10.9 Å². The van der Waals surface area contributed by atoms with E-state index in [9.17, 15) is 4.79 Å². The molecule has 1 aliphatic rings. The fourth-order valence-corrected chi connectivity index (χ4v) is 5.00. The van der Waals surface area contributed by atoms with E-state index >= 15 is 0 Å². The lowest BCUT2D eigenvalue weighted by Gasteiger charge is -2.07. The smallest absolute Gasteiger partial charge is 0.252 e. The third kappa shape index (κ3) is 1.71. The number of hydrogen-bond donors (Lipinski definition) is 2. The maximum atomic E-state index is 12.8. The molecule has 5 heteroatoms. The number of fused-ring (bicyclic) bond motifs is 10. The molecule has 0 atom stereocenters. The van der Waals surface area contributed by atoms with Gasteiger partial charge in [-0.1, -0.05) is 41.9 Å². The summed E-state index contributed by atoms with van der Waals surface area (Å²) in [6, 6.07) is 14.3. The van der Waals surface area contributed by atoms with E-state index in [2.05, 4.69) is 46.1 Å². The summed E-state index contributed by atoms with van der Waals surface area (Å²) in [7, 11) is 0. The summed E-state index contributed by atoms with van der Waals surface area (Å²) in [5, 5.41) is 8.03. The second-order valence-electron chi connectivity index (χ2n) is 7.06. The van der Waals surface area contributed by atoms with Crippen molar-refractivity contribution in [1.29, 1.82) is 0 Å². The average molecular weight is 374 g/mol. The first-order valence-electron chi connectivity index (χ1n) is 9.14. The third-order valence-electron chi connectivity index (χ3n) is 5.81. The van der Waals surface area contributed by atoms with Crippen LogP contribution in [0.1, 0.15) is 22.8 Å². The van der Waals surface area contributed by atoms with Crippen molar-refractivity contribution in [2.24, 2.45) is 0 Å². The van der Waals surface area contributed by atoms with Gasteiger partial charge in [-0.3, -0.25) is 4.79 Å². The first-order chi connectivity index (χ1) is 13.2. The van der Waals surface area contributed by atoms with Gasteiger partial charge in [0.25, 0.3) is 5.91 Å². The monoisotopic (exact) mass is 373 g/mol. The van der Waals surface area contributed by atoms with Crippen LogP contribution in [0.15, 0.2) is 42.5 Å². The molecule has 2 N–H and O–H groups in total.